The molecule has 0 saturated carbocycles. The molecular weight excluding hydrogens is 496 g/mol. The Morgan fingerprint density at radius 1 is 0.872 bits per heavy atom. The minimum atomic E-state index is 0.394. The van der Waals surface area contributed by atoms with Gasteiger partial charge in [0.1, 0.15) is 24.0 Å². The highest BCUT2D eigenvalue weighted by atomic mass is 16.5. The molecule has 3 aromatic heterocycles. The molecule has 0 amide bonds. The number of hydrogen-bond acceptors (Lipinski definition) is 11. The molecule has 0 spiro atoms. The van der Waals surface area contributed by atoms with Crippen LogP contribution in [0.4, 0.5) is 23.3 Å². The molecule has 5 heterocycles. The number of aromatic nitrogens is 4. The number of nitrogens with zero attached hydrogens (tertiary/aromatic N) is 6. The van der Waals surface area contributed by atoms with E-state index < -0.39 is 0 Å². The number of nitrogens with one attached hydrogen (secondary N) is 1. The van der Waals surface area contributed by atoms with Crippen molar-refractivity contribution in [2.24, 2.45) is 0 Å². The van der Waals surface area contributed by atoms with Crippen molar-refractivity contribution in [1.82, 2.24) is 24.8 Å². The van der Waals surface area contributed by atoms with Gasteiger partial charge in [-0.25, -0.2) is 9.97 Å². The number of morpholine rings is 2. The molecule has 11 nitrogen and oxygen atoms in total. The number of nitrogens with two attached hydrogens (primary N) is 1. The van der Waals surface area contributed by atoms with Gasteiger partial charge >= 0.3 is 0 Å². The zero-order valence-electron chi connectivity index (χ0n) is 21.8. The number of nitrogen functional groups attached to an aromatic ring is 1. The molecule has 0 bridgehead atoms. The van der Waals surface area contributed by atoms with Gasteiger partial charge in [0.25, 0.3) is 0 Å². The van der Waals surface area contributed by atoms with Crippen LogP contribution in [-0.4, -0.2) is 90.6 Å². The van der Waals surface area contributed by atoms with Gasteiger partial charge in [-0.15, -0.1) is 0 Å². The lowest BCUT2D eigenvalue weighted by Gasteiger charge is -2.27. The summed E-state index contributed by atoms with van der Waals surface area (Å²) in [5, 5.41) is 4.01. The van der Waals surface area contributed by atoms with Gasteiger partial charge in [0.15, 0.2) is 0 Å². The summed E-state index contributed by atoms with van der Waals surface area (Å²) in [6.07, 6.45) is 3.53. The van der Waals surface area contributed by atoms with E-state index in [9.17, 15) is 0 Å². The number of rotatable bonds is 8. The average molecular weight is 529 g/mol. The van der Waals surface area contributed by atoms with E-state index in [2.05, 4.69) is 30.1 Å². The molecule has 2 saturated heterocycles. The normalized spacial score (nSPS) is 16.4. The summed E-state index contributed by atoms with van der Waals surface area (Å²) in [5.41, 5.74) is 9.49. The summed E-state index contributed by atoms with van der Waals surface area (Å²) in [6.45, 7) is 8.03. The van der Waals surface area contributed by atoms with Crippen LogP contribution in [0, 0.1) is 0 Å². The fourth-order valence-corrected chi connectivity index (χ4v) is 4.75. The Labute approximate surface area is 226 Å². The third-order valence-electron chi connectivity index (χ3n) is 6.89. The SMILES string of the molecule is Nc1nc(Nc2ccc(N3CCOCC3)nc2)nc2c(-c3ccc(OCCN4CCOCC4)cn3)cccc12. The highest BCUT2D eigenvalue weighted by Gasteiger charge is 2.15. The van der Waals surface area contributed by atoms with Gasteiger partial charge in [0.2, 0.25) is 5.95 Å². The molecule has 0 radical (unpaired) electrons. The van der Waals surface area contributed by atoms with E-state index in [0.717, 1.165) is 85.4 Å². The predicted octanol–water partition coefficient (Wildman–Crippen LogP) is 2.96. The van der Waals surface area contributed by atoms with Crippen molar-refractivity contribution in [3.8, 4) is 17.0 Å². The Morgan fingerprint density at radius 3 is 2.44 bits per heavy atom. The second-order valence-corrected chi connectivity index (χ2v) is 9.45. The van der Waals surface area contributed by atoms with E-state index in [4.69, 9.17) is 24.9 Å². The summed E-state index contributed by atoms with van der Waals surface area (Å²) < 4.78 is 16.7. The van der Waals surface area contributed by atoms with Crippen molar-refractivity contribution in [2.45, 2.75) is 0 Å². The second kappa shape index (κ2) is 11.8. The number of para-hydroxylation sites is 1. The molecule has 2 aliphatic rings. The maximum Gasteiger partial charge on any atom is 0.229 e. The van der Waals surface area contributed by atoms with E-state index in [1.54, 1.807) is 12.4 Å². The monoisotopic (exact) mass is 528 g/mol. The molecular formula is C28H32N8O3. The first-order valence-electron chi connectivity index (χ1n) is 13.2. The second-order valence-electron chi connectivity index (χ2n) is 9.45. The molecule has 6 rings (SSSR count). The number of fused-ring (bicyclic) bond motifs is 1. The largest absolute Gasteiger partial charge is 0.491 e. The van der Waals surface area contributed by atoms with E-state index in [-0.39, 0.29) is 0 Å². The molecule has 11 heteroatoms. The molecule has 4 aromatic rings. The minimum Gasteiger partial charge on any atom is -0.491 e. The lowest BCUT2D eigenvalue weighted by atomic mass is 10.1. The molecule has 0 unspecified atom stereocenters. The van der Waals surface area contributed by atoms with Crippen molar-refractivity contribution in [1.29, 1.82) is 0 Å². The van der Waals surface area contributed by atoms with Crippen LogP contribution < -0.4 is 20.7 Å². The van der Waals surface area contributed by atoms with Crippen LogP contribution in [-0.2, 0) is 9.47 Å². The quantitative estimate of drug-likeness (QED) is 0.351. The highest BCUT2D eigenvalue weighted by molar-refractivity contribution is 5.98. The molecule has 1 aromatic carbocycles. The first-order chi connectivity index (χ1) is 19.2. The van der Waals surface area contributed by atoms with Gasteiger partial charge in [-0.1, -0.05) is 12.1 Å². The number of pyridine rings is 2. The van der Waals surface area contributed by atoms with Crippen LogP contribution in [0.3, 0.4) is 0 Å². The zero-order valence-corrected chi connectivity index (χ0v) is 21.8. The first-order valence-corrected chi connectivity index (χ1v) is 13.2. The van der Waals surface area contributed by atoms with Crippen LogP contribution in [0.25, 0.3) is 22.2 Å². The summed E-state index contributed by atoms with van der Waals surface area (Å²) in [7, 11) is 0. The maximum absolute atomic E-state index is 6.34. The number of ether oxygens (including phenoxy) is 3. The number of benzene rings is 1. The van der Waals surface area contributed by atoms with E-state index in [1.807, 2.05) is 42.5 Å². The van der Waals surface area contributed by atoms with Crippen LogP contribution in [0.2, 0.25) is 0 Å². The van der Waals surface area contributed by atoms with Gasteiger partial charge < -0.3 is 30.2 Å². The predicted molar refractivity (Wildman–Crippen MR) is 150 cm³/mol. The third-order valence-corrected chi connectivity index (χ3v) is 6.89. The molecule has 2 aliphatic heterocycles. The van der Waals surface area contributed by atoms with Gasteiger partial charge in [-0.3, -0.25) is 9.88 Å². The van der Waals surface area contributed by atoms with Gasteiger partial charge in [0.05, 0.1) is 55.7 Å². The highest BCUT2D eigenvalue weighted by Crippen LogP contribution is 2.30. The van der Waals surface area contributed by atoms with E-state index >= 15 is 0 Å². The lowest BCUT2D eigenvalue weighted by molar-refractivity contribution is 0.0322. The fraction of sp³-hybridized carbons (Fsp3) is 0.357. The number of hydrogen-bond donors (Lipinski definition) is 2. The topological polar surface area (TPSA) is 124 Å². The molecule has 0 aliphatic carbocycles. The zero-order chi connectivity index (χ0) is 26.4. The Morgan fingerprint density at radius 2 is 1.69 bits per heavy atom. The summed E-state index contributed by atoms with van der Waals surface area (Å²) in [4.78, 5) is 23.1. The summed E-state index contributed by atoms with van der Waals surface area (Å²) >= 11 is 0. The Bertz CT molecular complexity index is 1390. The van der Waals surface area contributed by atoms with Crippen molar-refractivity contribution < 1.29 is 14.2 Å². The van der Waals surface area contributed by atoms with Crippen LogP contribution >= 0.6 is 0 Å². The Hall–Kier alpha value is -4.06. The fourth-order valence-electron chi connectivity index (χ4n) is 4.75. The van der Waals surface area contributed by atoms with Crippen molar-refractivity contribution in [3.63, 3.8) is 0 Å². The van der Waals surface area contributed by atoms with Crippen LogP contribution in [0.15, 0.2) is 54.9 Å². The smallest absolute Gasteiger partial charge is 0.229 e. The van der Waals surface area contributed by atoms with Crippen molar-refractivity contribution >= 4 is 34.2 Å². The van der Waals surface area contributed by atoms with Crippen LogP contribution in [0.1, 0.15) is 0 Å². The van der Waals surface area contributed by atoms with Gasteiger partial charge in [-0.2, -0.15) is 4.98 Å². The third kappa shape index (κ3) is 6.00. The Kier molecular flexibility index (Phi) is 7.61. The molecule has 3 N–H and O–H groups in total. The van der Waals surface area contributed by atoms with E-state index in [0.29, 0.717) is 31.6 Å². The molecule has 2 fully saturated rings. The summed E-state index contributed by atoms with van der Waals surface area (Å²) in [6, 6.07) is 13.7. The van der Waals surface area contributed by atoms with E-state index in [1.165, 1.54) is 0 Å². The Balaban J connectivity index is 1.17. The van der Waals surface area contributed by atoms with Gasteiger partial charge in [0, 0.05) is 43.7 Å². The first kappa shape index (κ1) is 25.2. The van der Waals surface area contributed by atoms with Crippen LogP contribution in [0.5, 0.6) is 5.75 Å². The average Bonchev–Trinajstić information content (AvgIpc) is 2.99. The number of anilines is 4. The van der Waals surface area contributed by atoms with Crippen molar-refractivity contribution in [3.05, 3.63) is 54.9 Å². The van der Waals surface area contributed by atoms with Crippen molar-refractivity contribution in [2.75, 3.05) is 81.7 Å². The summed E-state index contributed by atoms with van der Waals surface area (Å²) in [5.74, 6) is 2.45. The molecule has 0 atom stereocenters. The minimum absolute atomic E-state index is 0.394. The lowest BCUT2D eigenvalue weighted by Crippen LogP contribution is -2.38. The molecule has 39 heavy (non-hydrogen) atoms. The van der Waals surface area contributed by atoms with Gasteiger partial charge in [-0.05, 0) is 30.3 Å². The standard InChI is InChI=1S/C28H32N8O3/c29-27-23-3-1-2-22(24-6-5-21(19-30-24)39-17-10-35-8-13-37-14-9-35)26(23)33-28(34-27)32-20-4-7-25(31-18-20)36-11-15-38-16-12-36/h1-7,18-19H,8-17H2,(H3,29,32,33,34). The molecule has 202 valence electrons. The maximum atomic E-state index is 6.34.